The number of ether oxygens (including phenoxy) is 1. The molecular formula is C19H17N3O2. The van der Waals surface area contributed by atoms with Crippen LogP contribution in [0, 0.1) is 0 Å². The van der Waals surface area contributed by atoms with Crippen LogP contribution in [0.4, 0.5) is 5.69 Å². The van der Waals surface area contributed by atoms with Gasteiger partial charge in [-0.2, -0.15) is 0 Å². The molecule has 2 aromatic carbocycles. The molecule has 0 fully saturated rings. The quantitative estimate of drug-likeness (QED) is 0.724. The van der Waals surface area contributed by atoms with Crippen LogP contribution in [0.15, 0.2) is 72.8 Å². The van der Waals surface area contributed by atoms with E-state index in [0.717, 1.165) is 11.3 Å². The molecule has 0 radical (unpaired) electrons. The number of carbonyl (C=O) groups is 1. The van der Waals surface area contributed by atoms with Crippen LogP contribution in [-0.2, 0) is 6.54 Å². The largest absolute Gasteiger partial charge is 0.480 e. The summed E-state index contributed by atoms with van der Waals surface area (Å²) in [5.41, 5.74) is 2.12. The summed E-state index contributed by atoms with van der Waals surface area (Å²) in [7, 11) is 1.51. The molecule has 0 aliphatic heterocycles. The number of hydrogen-bond donors (Lipinski definition) is 0. The Morgan fingerprint density at radius 3 is 2.17 bits per heavy atom. The zero-order chi connectivity index (χ0) is 16.8. The standard InChI is InChI=1S/C19H17N3O2/c1-24-18-13-12-17(20-21-18)19(23)22(16-10-6-3-7-11-16)14-15-8-4-2-5-9-15/h2-13H,14H2,1H3. The lowest BCUT2D eigenvalue weighted by Gasteiger charge is -2.22. The Bertz CT molecular complexity index is 790. The third kappa shape index (κ3) is 3.57. The Morgan fingerprint density at radius 2 is 1.58 bits per heavy atom. The van der Waals surface area contributed by atoms with Gasteiger partial charge in [0, 0.05) is 11.8 Å². The number of nitrogens with zero attached hydrogens (tertiary/aromatic N) is 3. The Hall–Kier alpha value is -3.21. The molecule has 1 heterocycles. The molecule has 1 amide bonds. The van der Waals surface area contributed by atoms with Crippen molar-refractivity contribution >= 4 is 11.6 Å². The normalized spacial score (nSPS) is 10.2. The molecule has 3 aromatic rings. The van der Waals surface area contributed by atoms with Crippen LogP contribution < -0.4 is 9.64 Å². The molecule has 0 atom stereocenters. The van der Waals surface area contributed by atoms with Gasteiger partial charge in [0.2, 0.25) is 5.88 Å². The molecule has 0 aliphatic rings. The molecule has 0 N–H and O–H groups in total. The van der Waals surface area contributed by atoms with Crippen molar-refractivity contribution in [1.82, 2.24) is 10.2 Å². The summed E-state index contributed by atoms with van der Waals surface area (Å²) < 4.78 is 4.99. The second-order valence-electron chi connectivity index (χ2n) is 5.17. The molecule has 120 valence electrons. The third-order valence-corrected chi connectivity index (χ3v) is 3.56. The van der Waals surface area contributed by atoms with Crippen molar-refractivity contribution in [3.05, 3.63) is 84.1 Å². The van der Waals surface area contributed by atoms with Gasteiger partial charge in [0.15, 0.2) is 5.69 Å². The Labute approximate surface area is 140 Å². The number of benzene rings is 2. The second kappa shape index (κ2) is 7.37. The minimum absolute atomic E-state index is 0.208. The summed E-state index contributed by atoms with van der Waals surface area (Å²) in [6.45, 7) is 0.456. The van der Waals surface area contributed by atoms with Crippen LogP contribution in [0.2, 0.25) is 0 Å². The number of methoxy groups -OCH3 is 1. The molecule has 3 rings (SSSR count). The maximum Gasteiger partial charge on any atom is 0.279 e. The maximum absolute atomic E-state index is 12.9. The molecule has 5 heteroatoms. The van der Waals surface area contributed by atoms with Crippen molar-refractivity contribution < 1.29 is 9.53 Å². The average molecular weight is 319 g/mol. The van der Waals surface area contributed by atoms with Crippen molar-refractivity contribution in [2.24, 2.45) is 0 Å². The number of aromatic nitrogens is 2. The Morgan fingerprint density at radius 1 is 0.917 bits per heavy atom. The first-order valence-electron chi connectivity index (χ1n) is 7.56. The van der Waals surface area contributed by atoms with Crippen molar-refractivity contribution in [2.75, 3.05) is 12.0 Å². The lowest BCUT2D eigenvalue weighted by atomic mass is 10.2. The Kier molecular flexibility index (Phi) is 4.81. The molecule has 0 saturated carbocycles. The van der Waals surface area contributed by atoms with Gasteiger partial charge in [0.25, 0.3) is 5.91 Å². The van der Waals surface area contributed by atoms with Crippen LogP contribution in [0.1, 0.15) is 16.1 Å². The van der Waals surface area contributed by atoms with Gasteiger partial charge < -0.3 is 9.64 Å². The summed E-state index contributed by atoms with van der Waals surface area (Å²) in [6.07, 6.45) is 0. The second-order valence-corrected chi connectivity index (χ2v) is 5.17. The minimum atomic E-state index is -0.208. The average Bonchev–Trinajstić information content (AvgIpc) is 2.67. The van der Waals surface area contributed by atoms with Gasteiger partial charge >= 0.3 is 0 Å². The molecule has 0 spiro atoms. The molecule has 0 aliphatic carbocycles. The first-order valence-corrected chi connectivity index (χ1v) is 7.56. The van der Waals surface area contributed by atoms with E-state index in [2.05, 4.69) is 10.2 Å². The first-order chi connectivity index (χ1) is 11.8. The van der Waals surface area contributed by atoms with E-state index in [0.29, 0.717) is 12.4 Å². The predicted molar refractivity (Wildman–Crippen MR) is 92.0 cm³/mol. The summed E-state index contributed by atoms with van der Waals surface area (Å²) in [6, 6.07) is 22.6. The van der Waals surface area contributed by atoms with Gasteiger partial charge in [-0.05, 0) is 23.8 Å². The Balaban J connectivity index is 1.92. The van der Waals surface area contributed by atoms with Gasteiger partial charge in [0.1, 0.15) is 0 Å². The van der Waals surface area contributed by atoms with E-state index < -0.39 is 0 Å². The van der Waals surface area contributed by atoms with E-state index >= 15 is 0 Å². The van der Waals surface area contributed by atoms with Crippen molar-refractivity contribution in [1.29, 1.82) is 0 Å². The number of amides is 1. The van der Waals surface area contributed by atoms with E-state index in [-0.39, 0.29) is 11.6 Å². The van der Waals surface area contributed by atoms with Crippen molar-refractivity contribution in [2.45, 2.75) is 6.54 Å². The summed E-state index contributed by atoms with van der Waals surface area (Å²) >= 11 is 0. The van der Waals surface area contributed by atoms with Crippen molar-refractivity contribution in [3.63, 3.8) is 0 Å². The zero-order valence-electron chi connectivity index (χ0n) is 13.3. The van der Waals surface area contributed by atoms with Gasteiger partial charge in [0.05, 0.1) is 13.7 Å². The summed E-state index contributed by atoms with van der Waals surface area (Å²) in [5.74, 6) is 0.168. The number of para-hydroxylation sites is 1. The van der Waals surface area contributed by atoms with Gasteiger partial charge in [-0.25, -0.2) is 0 Å². The lowest BCUT2D eigenvalue weighted by Crippen LogP contribution is -2.31. The molecular weight excluding hydrogens is 302 g/mol. The van der Waals surface area contributed by atoms with Crippen molar-refractivity contribution in [3.8, 4) is 5.88 Å². The van der Waals surface area contributed by atoms with E-state index in [1.165, 1.54) is 7.11 Å². The highest BCUT2D eigenvalue weighted by atomic mass is 16.5. The van der Waals surface area contributed by atoms with Crippen LogP contribution in [-0.4, -0.2) is 23.2 Å². The fraction of sp³-hybridized carbons (Fsp3) is 0.105. The molecule has 0 bridgehead atoms. The summed E-state index contributed by atoms with van der Waals surface area (Å²) in [4.78, 5) is 14.6. The van der Waals surface area contributed by atoms with E-state index in [9.17, 15) is 4.79 Å². The first kappa shape index (κ1) is 15.7. The molecule has 0 saturated heterocycles. The summed E-state index contributed by atoms with van der Waals surface area (Å²) in [5, 5.41) is 7.85. The topological polar surface area (TPSA) is 55.3 Å². The SMILES string of the molecule is COc1ccc(C(=O)N(Cc2ccccc2)c2ccccc2)nn1. The molecule has 0 unspecified atom stereocenters. The maximum atomic E-state index is 12.9. The fourth-order valence-corrected chi connectivity index (χ4v) is 2.34. The van der Waals surface area contributed by atoms with Gasteiger partial charge in [-0.15, -0.1) is 10.2 Å². The van der Waals surface area contributed by atoms with Crippen LogP contribution >= 0.6 is 0 Å². The number of hydrogen-bond acceptors (Lipinski definition) is 4. The highest BCUT2D eigenvalue weighted by molar-refractivity contribution is 6.04. The van der Waals surface area contributed by atoms with Gasteiger partial charge in [-0.1, -0.05) is 48.5 Å². The fourth-order valence-electron chi connectivity index (χ4n) is 2.34. The third-order valence-electron chi connectivity index (χ3n) is 3.56. The number of rotatable bonds is 5. The van der Waals surface area contributed by atoms with E-state index in [1.54, 1.807) is 17.0 Å². The monoisotopic (exact) mass is 319 g/mol. The lowest BCUT2D eigenvalue weighted by molar-refractivity contribution is 0.0979. The van der Waals surface area contributed by atoms with E-state index in [4.69, 9.17) is 4.74 Å². The highest BCUT2D eigenvalue weighted by Crippen LogP contribution is 2.19. The smallest absolute Gasteiger partial charge is 0.279 e. The molecule has 24 heavy (non-hydrogen) atoms. The molecule has 1 aromatic heterocycles. The van der Waals surface area contributed by atoms with Crippen LogP contribution in [0.25, 0.3) is 0 Å². The van der Waals surface area contributed by atoms with E-state index in [1.807, 2.05) is 60.7 Å². The predicted octanol–water partition coefficient (Wildman–Crippen LogP) is 3.33. The molecule has 5 nitrogen and oxygen atoms in total. The zero-order valence-corrected chi connectivity index (χ0v) is 13.3. The number of anilines is 1. The van der Waals surface area contributed by atoms with Crippen LogP contribution in [0.3, 0.4) is 0 Å². The minimum Gasteiger partial charge on any atom is -0.480 e. The van der Waals surface area contributed by atoms with Gasteiger partial charge in [-0.3, -0.25) is 4.79 Å². The highest BCUT2D eigenvalue weighted by Gasteiger charge is 2.19. The van der Waals surface area contributed by atoms with Crippen LogP contribution in [0.5, 0.6) is 5.88 Å². The number of carbonyl (C=O) groups excluding carboxylic acids is 1.